The van der Waals surface area contributed by atoms with Gasteiger partial charge in [0.1, 0.15) is 0 Å². The van der Waals surface area contributed by atoms with E-state index in [9.17, 15) is 0 Å². The summed E-state index contributed by atoms with van der Waals surface area (Å²) < 4.78 is 11.5. The van der Waals surface area contributed by atoms with Crippen molar-refractivity contribution in [2.24, 2.45) is 5.92 Å². The summed E-state index contributed by atoms with van der Waals surface area (Å²) in [7, 11) is 0. The molecule has 0 fully saturated rings. The molecule has 114 valence electrons. The molecular weight excluding hydrogens is 250 g/mol. The lowest BCUT2D eigenvalue weighted by Crippen LogP contribution is -2.14. The molecule has 0 aliphatic carbocycles. The van der Waals surface area contributed by atoms with Gasteiger partial charge in [0.05, 0.1) is 13.2 Å². The van der Waals surface area contributed by atoms with E-state index >= 15 is 0 Å². The standard InChI is InChI=1S/C17H29NO2/c1-5-10-18-13-15-7-8-16(17(12-15)19-6-2)20-11-9-14(3)4/h7-8,12,14,18H,5-6,9-11,13H2,1-4H3. The topological polar surface area (TPSA) is 30.5 Å². The molecule has 20 heavy (non-hydrogen) atoms. The molecule has 0 aromatic heterocycles. The minimum absolute atomic E-state index is 0.656. The highest BCUT2D eigenvalue weighted by molar-refractivity contribution is 5.43. The van der Waals surface area contributed by atoms with E-state index in [0.29, 0.717) is 12.5 Å². The predicted octanol–water partition coefficient (Wildman–Crippen LogP) is 4.01. The molecule has 1 aromatic rings. The van der Waals surface area contributed by atoms with Crippen LogP contribution in [0.15, 0.2) is 18.2 Å². The minimum atomic E-state index is 0.656. The number of hydrogen-bond donors (Lipinski definition) is 1. The van der Waals surface area contributed by atoms with Gasteiger partial charge in [-0.3, -0.25) is 0 Å². The van der Waals surface area contributed by atoms with Crippen molar-refractivity contribution in [2.45, 2.75) is 47.1 Å². The summed E-state index contributed by atoms with van der Waals surface area (Å²) in [6.45, 7) is 11.9. The average Bonchev–Trinajstić information content (AvgIpc) is 2.41. The summed E-state index contributed by atoms with van der Waals surface area (Å²) >= 11 is 0. The molecule has 0 bridgehead atoms. The van der Waals surface area contributed by atoms with Crippen molar-refractivity contribution in [3.05, 3.63) is 23.8 Å². The third kappa shape index (κ3) is 6.29. The molecule has 0 atom stereocenters. The van der Waals surface area contributed by atoms with Crippen LogP contribution < -0.4 is 14.8 Å². The fourth-order valence-corrected chi connectivity index (χ4v) is 1.86. The fraction of sp³-hybridized carbons (Fsp3) is 0.647. The molecule has 0 aliphatic rings. The van der Waals surface area contributed by atoms with Crippen LogP contribution >= 0.6 is 0 Å². The van der Waals surface area contributed by atoms with Gasteiger partial charge < -0.3 is 14.8 Å². The molecule has 3 nitrogen and oxygen atoms in total. The minimum Gasteiger partial charge on any atom is -0.490 e. The number of benzene rings is 1. The van der Waals surface area contributed by atoms with Crippen LogP contribution in [0.25, 0.3) is 0 Å². The van der Waals surface area contributed by atoms with Crippen LogP contribution in [0.1, 0.15) is 46.1 Å². The van der Waals surface area contributed by atoms with Crippen LogP contribution in [0.5, 0.6) is 11.5 Å². The second kappa shape index (κ2) is 9.65. The van der Waals surface area contributed by atoms with Crippen molar-refractivity contribution in [1.82, 2.24) is 5.32 Å². The molecule has 0 saturated carbocycles. The van der Waals surface area contributed by atoms with Gasteiger partial charge in [0.25, 0.3) is 0 Å². The van der Waals surface area contributed by atoms with E-state index in [1.54, 1.807) is 0 Å². The number of hydrogen-bond acceptors (Lipinski definition) is 3. The number of ether oxygens (including phenoxy) is 2. The molecule has 0 unspecified atom stereocenters. The molecule has 1 aromatic carbocycles. The first-order valence-corrected chi connectivity index (χ1v) is 7.76. The zero-order valence-corrected chi connectivity index (χ0v) is 13.4. The van der Waals surface area contributed by atoms with Gasteiger partial charge in [-0.2, -0.15) is 0 Å². The molecule has 1 N–H and O–H groups in total. The number of rotatable bonds is 10. The fourth-order valence-electron chi connectivity index (χ4n) is 1.86. The van der Waals surface area contributed by atoms with Gasteiger partial charge in [0.15, 0.2) is 11.5 Å². The van der Waals surface area contributed by atoms with Gasteiger partial charge in [-0.25, -0.2) is 0 Å². The van der Waals surface area contributed by atoms with Crippen molar-refractivity contribution < 1.29 is 9.47 Å². The van der Waals surface area contributed by atoms with Crippen molar-refractivity contribution in [3.8, 4) is 11.5 Å². The van der Waals surface area contributed by atoms with E-state index < -0.39 is 0 Å². The van der Waals surface area contributed by atoms with Gasteiger partial charge in [0.2, 0.25) is 0 Å². The van der Waals surface area contributed by atoms with E-state index in [4.69, 9.17) is 9.47 Å². The van der Waals surface area contributed by atoms with Crippen molar-refractivity contribution >= 4 is 0 Å². The molecular formula is C17H29NO2. The Morgan fingerprint density at radius 2 is 1.90 bits per heavy atom. The maximum Gasteiger partial charge on any atom is 0.161 e. The first-order chi connectivity index (χ1) is 9.67. The lowest BCUT2D eigenvalue weighted by atomic mass is 10.1. The van der Waals surface area contributed by atoms with Gasteiger partial charge >= 0.3 is 0 Å². The summed E-state index contributed by atoms with van der Waals surface area (Å²) in [6, 6.07) is 6.21. The molecule has 0 spiro atoms. The van der Waals surface area contributed by atoms with E-state index in [0.717, 1.165) is 44.0 Å². The monoisotopic (exact) mass is 279 g/mol. The van der Waals surface area contributed by atoms with Crippen LogP contribution in [-0.4, -0.2) is 19.8 Å². The highest BCUT2D eigenvalue weighted by Gasteiger charge is 2.07. The molecule has 3 heteroatoms. The van der Waals surface area contributed by atoms with Gasteiger partial charge in [-0.1, -0.05) is 26.8 Å². The highest BCUT2D eigenvalue weighted by Crippen LogP contribution is 2.28. The van der Waals surface area contributed by atoms with E-state index in [-0.39, 0.29) is 0 Å². The zero-order valence-electron chi connectivity index (χ0n) is 13.4. The molecule has 0 aliphatic heterocycles. The lowest BCUT2D eigenvalue weighted by Gasteiger charge is -2.14. The molecule has 0 heterocycles. The van der Waals surface area contributed by atoms with Crippen LogP contribution in [-0.2, 0) is 6.54 Å². The zero-order chi connectivity index (χ0) is 14.8. The van der Waals surface area contributed by atoms with Crippen LogP contribution in [0.2, 0.25) is 0 Å². The average molecular weight is 279 g/mol. The molecule has 0 saturated heterocycles. The Morgan fingerprint density at radius 3 is 2.55 bits per heavy atom. The second-order valence-corrected chi connectivity index (χ2v) is 5.42. The smallest absolute Gasteiger partial charge is 0.161 e. The number of nitrogens with one attached hydrogen (secondary N) is 1. The normalized spacial score (nSPS) is 10.8. The van der Waals surface area contributed by atoms with E-state index in [1.165, 1.54) is 5.56 Å². The quantitative estimate of drug-likeness (QED) is 0.656. The van der Waals surface area contributed by atoms with Crippen molar-refractivity contribution in [2.75, 3.05) is 19.8 Å². The predicted molar refractivity (Wildman–Crippen MR) is 84.6 cm³/mol. The molecule has 0 amide bonds. The maximum atomic E-state index is 5.84. The van der Waals surface area contributed by atoms with Crippen LogP contribution in [0.3, 0.4) is 0 Å². The van der Waals surface area contributed by atoms with Crippen LogP contribution in [0.4, 0.5) is 0 Å². The summed E-state index contributed by atoms with van der Waals surface area (Å²) in [5.41, 5.74) is 1.23. The van der Waals surface area contributed by atoms with Gasteiger partial charge in [0, 0.05) is 6.54 Å². The first kappa shape index (κ1) is 16.8. The Morgan fingerprint density at radius 1 is 1.10 bits per heavy atom. The maximum absolute atomic E-state index is 5.84. The third-order valence-corrected chi connectivity index (χ3v) is 3.02. The summed E-state index contributed by atoms with van der Waals surface area (Å²) in [5.74, 6) is 2.36. The van der Waals surface area contributed by atoms with Crippen molar-refractivity contribution in [3.63, 3.8) is 0 Å². The van der Waals surface area contributed by atoms with Gasteiger partial charge in [-0.05, 0) is 49.9 Å². The lowest BCUT2D eigenvalue weighted by molar-refractivity contribution is 0.261. The first-order valence-electron chi connectivity index (χ1n) is 7.76. The van der Waals surface area contributed by atoms with E-state index in [1.807, 2.05) is 13.0 Å². The molecule has 0 radical (unpaired) electrons. The Kier molecular flexibility index (Phi) is 8.12. The SMILES string of the molecule is CCCNCc1ccc(OCCC(C)C)c(OCC)c1. The Labute approximate surface area is 123 Å². The van der Waals surface area contributed by atoms with E-state index in [2.05, 4.69) is 38.2 Å². The Hall–Kier alpha value is -1.22. The van der Waals surface area contributed by atoms with Crippen molar-refractivity contribution in [1.29, 1.82) is 0 Å². The highest BCUT2D eigenvalue weighted by atomic mass is 16.5. The Balaban J connectivity index is 2.63. The third-order valence-electron chi connectivity index (χ3n) is 3.02. The van der Waals surface area contributed by atoms with Crippen LogP contribution in [0, 0.1) is 5.92 Å². The van der Waals surface area contributed by atoms with Gasteiger partial charge in [-0.15, -0.1) is 0 Å². The summed E-state index contributed by atoms with van der Waals surface area (Å²) in [6.07, 6.45) is 2.21. The Bertz CT molecular complexity index is 377. The second-order valence-electron chi connectivity index (χ2n) is 5.42. The summed E-state index contributed by atoms with van der Waals surface area (Å²) in [5, 5.41) is 3.40. The largest absolute Gasteiger partial charge is 0.490 e. The molecule has 1 rings (SSSR count). The summed E-state index contributed by atoms with van der Waals surface area (Å²) in [4.78, 5) is 0.